The molecule has 2 amide bonds. The van der Waals surface area contributed by atoms with Crippen LogP contribution in [0.15, 0.2) is 34.9 Å². The van der Waals surface area contributed by atoms with Crippen LogP contribution >= 0.6 is 34.7 Å². The van der Waals surface area contributed by atoms with Gasteiger partial charge >= 0.3 is 11.9 Å². The number of anilines is 2. The number of nitrogens with zero attached hydrogens (tertiary/aromatic N) is 4. The Morgan fingerprint density at radius 3 is 2.70 bits per heavy atom. The molecule has 0 saturated carbocycles. The van der Waals surface area contributed by atoms with Gasteiger partial charge in [-0.15, -0.1) is 11.8 Å². The number of likely N-dealkylation sites (N-methyl/N-ethyl adjacent to an activating group) is 1. The lowest BCUT2D eigenvalue weighted by Gasteiger charge is -2.49. The molecule has 2 aliphatic heterocycles. The number of hydrogen-bond acceptors (Lipinski definition) is 13. The van der Waals surface area contributed by atoms with Crippen molar-refractivity contribution in [2.45, 2.75) is 37.6 Å². The molecular weight excluding hydrogens is 640 g/mol. The van der Waals surface area contributed by atoms with Crippen molar-refractivity contribution in [1.29, 1.82) is 0 Å². The van der Waals surface area contributed by atoms with Crippen LogP contribution in [-0.2, 0) is 37.2 Å². The monoisotopic (exact) mass is 669 g/mol. The molecule has 19 heteroatoms. The summed E-state index contributed by atoms with van der Waals surface area (Å²) >= 11 is 8.26. The van der Waals surface area contributed by atoms with E-state index >= 15 is 0 Å². The Kier molecular flexibility index (Phi) is 10.6. The Bertz CT molecular complexity index is 1530. The van der Waals surface area contributed by atoms with Gasteiger partial charge in [0.15, 0.2) is 29.8 Å². The third-order valence-corrected chi connectivity index (χ3v) is 8.99. The van der Waals surface area contributed by atoms with E-state index in [2.05, 4.69) is 26.1 Å². The average molecular weight is 670 g/mol. The van der Waals surface area contributed by atoms with Gasteiger partial charge in [-0.05, 0) is 14.0 Å². The summed E-state index contributed by atoms with van der Waals surface area (Å²) in [6, 6.07) is 0.653. The minimum absolute atomic E-state index is 0.0120. The molecule has 16 nitrogen and oxygen atoms in total. The molecular formula is C25H30ClN8O8S2+. The van der Waals surface area contributed by atoms with Crippen molar-refractivity contribution in [3.05, 3.63) is 45.3 Å². The largest absolute Gasteiger partial charge is 0.478 e. The number of pyridine rings is 1. The number of aliphatic carboxylic acids is 2. The summed E-state index contributed by atoms with van der Waals surface area (Å²) in [6.45, 7) is 2.46. The smallest absolute Gasteiger partial charge is 0.352 e. The fraction of sp³-hybridized carbons (Fsp3) is 0.400. The van der Waals surface area contributed by atoms with Crippen molar-refractivity contribution in [3.63, 3.8) is 0 Å². The van der Waals surface area contributed by atoms with Gasteiger partial charge < -0.3 is 41.8 Å². The number of β-lactam (4-membered cyclic amide) rings is 1. The van der Waals surface area contributed by atoms with E-state index in [0.717, 1.165) is 28.5 Å². The summed E-state index contributed by atoms with van der Waals surface area (Å²) in [5.74, 6) is -4.03. The topological polar surface area (TPSA) is 233 Å². The second-order valence-electron chi connectivity index (χ2n) is 9.56. The fourth-order valence-electron chi connectivity index (χ4n) is 4.38. The molecule has 236 valence electrons. The molecule has 1 fully saturated rings. The fourth-order valence-corrected chi connectivity index (χ4v) is 6.64. The number of nitrogens with one attached hydrogen (secondary N) is 3. The Morgan fingerprint density at radius 2 is 2.09 bits per heavy atom. The molecule has 8 N–H and O–H groups in total. The molecule has 3 atom stereocenters. The van der Waals surface area contributed by atoms with Crippen molar-refractivity contribution < 1.29 is 43.9 Å². The number of aliphatic hydroxyl groups is 1. The first-order valence-corrected chi connectivity index (χ1v) is 15.3. The van der Waals surface area contributed by atoms with Crippen molar-refractivity contribution in [2.75, 3.05) is 36.9 Å². The van der Waals surface area contributed by atoms with Crippen molar-refractivity contribution >= 4 is 75.0 Å². The van der Waals surface area contributed by atoms with Gasteiger partial charge in [-0.25, -0.2) is 19.1 Å². The van der Waals surface area contributed by atoms with Gasteiger partial charge in [-0.1, -0.05) is 28.1 Å². The van der Waals surface area contributed by atoms with E-state index in [0.29, 0.717) is 17.7 Å². The van der Waals surface area contributed by atoms with Crippen LogP contribution in [0.1, 0.15) is 18.2 Å². The normalized spacial score (nSPS) is 18.8. The maximum atomic E-state index is 13.3. The predicted molar refractivity (Wildman–Crippen MR) is 161 cm³/mol. The third kappa shape index (κ3) is 7.05. The third-order valence-electron chi connectivity index (χ3n) is 6.56. The van der Waals surface area contributed by atoms with Crippen LogP contribution < -0.4 is 26.3 Å². The van der Waals surface area contributed by atoms with Crippen molar-refractivity contribution in [2.24, 2.45) is 5.16 Å². The number of amides is 2. The molecule has 0 radical (unpaired) electrons. The Labute approximate surface area is 263 Å². The highest BCUT2D eigenvalue weighted by Gasteiger charge is 2.55. The molecule has 1 saturated heterocycles. The molecule has 2 aliphatic rings. The van der Waals surface area contributed by atoms with Gasteiger partial charge in [0.05, 0.1) is 17.9 Å². The van der Waals surface area contributed by atoms with Gasteiger partial charge in [-0.2, -0.15) is 0 Å². The number of fused-ring (bicyclic) bond motifs is 1. The first-order valence-electron chi connectivity index (χ1n) is 13.1. The number of aliphatic hydroxyl groups excluding tert-OH is 1. The van der Waals surface area contributed by atoms with Crippen LogP contribution in [0.4, 0.5) is 10.8 Å². The molecule has 2 aromatic rings. The molecule has 0 aliphatic carbocycles. The van der Waals surface area contributed by atoms with Gasteiger partial charge in [0.2, 0.25) is 6.10 Å². The van der Waals surface area contributed by atoms with Crippen LogP contribution in [0.25, 0.3) is 0 Å². The number of carbonyl (C=O) groups is 4. The maximum Gasteiger partial charge on any atom is 0.352 e. The number of thiazole rings is 1. The number of carbonyl (C=O) groups excluding carboxylic acids is 2. The second kappa shape index (κ2) is 14.2. The van der Waals surface area contributed by atoms with E-state index in [4.69, 9.17) is 27.3 Å². The highest BCUT2D eigenvalue weighted by molar-refractivity contribution is 8.00. The SMILES string of the molecule is CNCCNc1cc[n+](CC2=C(C(=O)O)N3C(=O)C(NC(=O)/C(=N\O[C@@H](C)C(=O)O)c4nc(N)sc4Cl)C3SC2)cc1CO. The van der Waals surface area contributed by atoms with Gasteiger partial charge in [0.25, 0.3) is 11.8 Å². The quantitative estimate of drug-likeness (QED) is 0.0439. The first kappa shape index (κ1) is 32.9. The number of nitrogen functional groups attached to an aromatic ring is 1. The van der Waals surface area contributed by atoms with Crippen LogP contribution in [0.2, 0.25) is 4.34 Å². The Hall–Kier alpha value is -3.97. The lowest BCUT2D eigenvalue weighted by molar-refractivity contribution is -0.689. The van der Waals surface area contributed by atoms with E-state index in [1.807, 2.05) is 7.05 Å². The van der Waals surface area contributed by atoms with Gasteiger partial charge in [0.1, 0.15) is 27.1 Å². The summed E-state index contributed by atoms with van der Waals surface area (Å²) in [4.78, 5) is 60.0. The molecule has 2 aromatic heterocycles. The zero-order chi connectivity index (χ0) is 32.1. The maximum absolute atomic E-state index is 13.3. The Morgan fingerprint density at radius 1 is 1.34 bits per heavy atom. The standard InChI is InChI=1S/C25H29ClN8O8S2/c1-11(23(38)39)42-32-16(15-19(26)44-25(27)31-15)20(36)30-17-21(37)34-18(24(40)41)13(10-43-22(17)34)8-33-6-3-14(12(7-33)9-35)29-5-4-28-2/h3,6-7,11,17,22,28,35H,4-5,8-10H2,1-2H3,(H5,27,30,31,36,38,39,40,41)/p+1/b32-16-/t11-,17?,22?/m0/s1. The summed E-state index contributed by atoms with van der Waals surface area (Å²) in [6.07, 6.45) is 2.03. The highest BCUT2D eigenvalue weighted by Crippen LogP contribution is 2.40. The van der Waals surface area contributed by atoms with E-state index in [1.54, 1.807) is 23.0 Å². The van der Waals surface area contributed by atoms with Crippen molar-refractivity contribution in [3.8, 4) is 0 Å². The summed E-state index contributed by atoms with van der Waals surface area (Å²) in [5, 5.41) is 40.7. The number of aromatic nitrogens is 2. The molecule has 2 unspecified atom stereocenters. The number of halogens is 1. The molecule has 0 spiro atoms. The Balaban J connectivity index is 1.53. The summed E-state index contributed by atoms with van der Waals surface area (Å²) in [5.41, 5.74) is 6.65. The molecule has 4 heterocycles. The average Bonchev–Trinajstić information content (AvgIpc) is 3.32. The molecule has 0 aromatic carbocycles. The number of thioether (sulfide) groups is 1. The highest BCUT2D eigenvalue weighted by atomic mass is 35.5. The summed E-state index contributed by atoms with van der Waals surface area (Å²) < 4.78 is 1.71. The first-order chi connectivity index (χ1) is 21.0. The van der Waals surface area contributed by atoms with E-state index < -0.39 is 47.0 Å². The number of rotatable bonds is 14. The second-order valence-corrected chi connectivity index (χ2v) is 12.3. The molecule has 44 heavy (non-hydrogen) atoms. The minimum Gasteiger partial charge on any atom is -0.478 e. The number of nitrogens with two attached hydrogens (primary N) is 1. The van der Waals surface area contributed by atoms with Crippen LogP contribution in [0.5, 0.6) is 0 Å². The van der Waals surface area contributed by atoms with E-state index in [1.165, 1.54) is 18.7 Å². The minimum atomic E-state index is -1.42. The van der Waals surface area contributed by atoms with Crippen LogP contribution in [0, 0.1) is 0 Å². The van der Waals surface area contributed by atoms with Crippen LogP contribution in [0.3, 0.4) is 0 Å². The number of carboxylic acid groups (broad SMARTS) is 2. The van der Waals surface area contributed by atoms with Crippen LogP contribution in [-0.4, -0.2) is 98.1 Å². The summed E-state index contributed by atoms with van der Waals surface area (Å²) in [7, 11) is 1.83. The lowest BCUT2D eigenvalue weighted by Crippen LogP contribution is -2.71. The van der Waals surface area contributed by atoms with Gasteiger partial charge in [-0.3, -0.25) is 14.5 Å². The van der Waals surface area contributed by atoms with Gasteiger partial charge in [0, 0.05) is 30.5 Å². The van der Waals surface area contributed by atoms with E-state index in [9.17, 15) is 29.4 Å². The zero-order valence-electron chi connectivity index (χ0n) is 23.4. The lowest BCUT2D eigenvalue weighted by atomic mass is 10.0. The molecule has 0 bridgehead atoms. The number of hydrogen-bond donors (Lipinski definition) is 7. The molecule has 4 rings (SSSR count). The van der Waals surface area contributed by atoms with E-state index in [-0.39, 0.29) is 39.8 Å². The zero-order valence-corrected chi connectivity index (χ0v) is 25.8. The predicted octanol–water partition coefficient (Wildman–Crippen LogP) is -0.578. The van der Waals surface area contributed by atoms with Crippen molar-refractivity contribution in [1.82, 2.24) is 20.5 Å². The number of carboxylic acids is 2. The number of oxime groups is 1.